The minimum Gasteiger partial charge on any atom is -0.0912 e. The topological polar surface area (TPSA) is 0 Å². The third kappa shape index (κ3) is 1.48. The molecule has 4 heavy (non-hydrogen) atoms. The van der Waals surface area contributed by atoms with Crippen LogP contribution < -0.4 is 0 Å². The largest absolute Gasteiger partial charge is 0.0912 e. The SMILES string of the molecule is [CH]=C[C]=C. The fourth-order valence-corrected chi connectivity index (χ4v) is 0. The summed E-state index contributed by atoms with van der Waals surface area (Å²) in [7, 11) is 0. The van der Waals surface area contributed by atoms with Crippen molar-refractivity contribution < 1.29 is 0 Å². The summed E-state index contributed by atoms with van der Waals surface area (Å²) in [6.07, 6.45) is 3.60. The Labute approximate surface area is 26.5 Å². The quantitative estimate of drug-likeness (QED) is 0.390. The van der Waals surface area contributed by atoms with E-state index < -0.39 is 0 Å². The Morgan fingerprint density at radius 1 is 2.00 bits per heavy atom. The average Bonchev–Trinajstić information content (AvgIpc) is 1.37. The van der Waals surface area contributed by atoms with Gasteiger partial charge in [-0.2, -0.15) is 0 Å². The maximum Gasteiger partial charge on any atom is -0.0262 e. The van der Waals surface area contributed by atoms with Gasteiger partial charge in [-0.15, -0.1) is 0 Å². The minimum atomic E-state index is 1.26. The van der Waals surface area contributed by atoms with Gasteiger partial charge >= 0.3 is 0 Å². The molecule has 0 aliphatic heterocycles. The van der Waals surface area contributed by atoms with Crippen LogP contribution in [0.15, 0.2) is 12.7 Å². The summed E-state index contributed by atoms with van der Waals surface area (Å²) >= 11 is 0. The zero-order valence-electron chi connectivity index (χ0n) is 2.36. The van der Waals surface area contributed by atoms with Gasteiger partial charge in [0.2, 0.25) is 0 Å². The summed E-state index contributed by atoms with van der Waals surface area (Å²) in [5, 5.41) is 0. The molecule has 0 aromatic carbocycles. The highest BCUT2D eigenvalue weighted by atomic mass is 13.4. The van der Waals surface area contributed by atoms with Gasteiger partial charge in [-0.3, -0.25) is 0 Å². The lowest BCUT2D eigenvalue weighted by Gasteiger charge is -1.41. The summed E-state index contributed by atoms with van der Waals surface area (Å²) < 4.78 is 0. The van der Waals surface area contributed by atoms with Crippen LogP contribution in [0.3, 0.4) is 0 Å². The van der Waals surface area contributed by atoms with Crippen molar-refractivity contribution in [2.75, 3.05) is 0 Å². The van der Waals surface area contributed by atoms with E-state index in [0.717, 1.165) is 0 Å². The van der Waals surface area contributed by atoms with Gasteiger partial charge in [0.15, 0.2) is 0 Å². The van der Waals surface area contributed by atoms with Crippen molar-refractivity contribution >= 4 is 0 Å². The molecule has 0 rings (SSSR count). The second-order valence-corrected chi connectivity index (χ2v) is 0.371. The van der Waals surface area contributed by atoms with Crippen LogP contribution in [0.25, 0.3) is 0 Å². The first-order valence-electron chi connectivity index (χ1n) is 0.976. The Morgan fingerprint density at radius 3 is 2.25 bits per heavy atom. The van der Waals surface area contributed by atoms with Crippen molar-refractivity contribution in [1.29, 1.82) is 0 Å². The molecular weight excluding hydrogens is 48.0 g/mol. The molecule has 0 aliphatic rings. The number of hydrogen-bond acceptors (Lipinski definition) is 0. The highest BCUT2D eigenvalue weighted by molar-refractivity contribution is 4.75. The molecule has 0 amide bonds. The van der Waals surface area contributed by atoms with E-state index in [1.54, 1.807) is 0 Å². The van der Waals surface area contributed by atoms with Crippen LogP contribution >= 0.6 is 0 Å². The van der Waals surface area contributed by atoms with Crippen LogP contribution in [0.1, 0.15) is 0 Å². The molecule has 0 N–H and O–H groups in total. The molecule has 0 atom stereocenters. The Morgan fingerprint density at radius 2 is 2.25 bits per heavy atom. The highest BCUT2D eigenvalue weighted by Crippen LogP contribution is 1.49. The number of rotatable bonds is 1. The first kappa shape index (κ1) is 3.48. The lowest BCUT2D eigenvalue weighted by atomic mass is 10.6. The van der Waals surface area contributed by atoms with Gasteiger partial charge < -0.3 is 0 Å². The maximum absolute atomic E-state index is 4.73. The summed E-state index contributed by atoms with van der Waals surface area (Å²) in [5.74, 6) is 0. The molecule has 0 saturated heterocycles. The molecule has 0 bridgehead atoms. The molecule has 0 nitrogen and oxygen atoms in total. The Bertz CT molecular complexity index is 21.0. The normalized spacial score (nSPS) is 5.00. The zero-order chi connectivity index (χ0) is 3.41. The van der Waals surface area contributed by atoms with E-state index in [2.05, 4.69) is 12.7 Å². The van der Waals surface area contributed by atoms with Crippen LogP contribution in [-0.2, 0) is 0 Å². The molecule has 0 aromatic heterocycles. The van der Waals surface area contributed by atoms with E-state index in [0.29, 0.717) is 0 Å². The lowest BCUT2D eigenvalue weighted by molar-refractivity contribution is 2.01. The first-order valence-corrected chi connectivity index (χ1v) is 0.976. The Balaban J connectivity index is 2.73. The fourth-order valence-electron chi connectivity index (χ4n) is 0. The van der Waals surface area contributed by atoms with Gasteiger partial charge in [0, 0.05) is 0 Å². The van der Waals surface area contributed by atoms with Gasteiger partial charge in [-0.05, 0) is 6.08 Å². The van der Waals surface area contributed by atoms with E-state index in [1.165, 1.54) is 6.08 Å². The van der Waals surface area contributed by atoms with Crippen LogP contribution in [0, 0.1) is 12.7 Å². The van der Waals surface area contributed by atoms with Crippen LogP contribution in [-0.4, -0.2) is 0 Å². The van der Waals surface area contributed by atoms with Gasteiger partial charge in [-0.25, -0.2) is 0 Å². The average molecular weight is 52.1 g/mol. The Kier molecular flexibility index (Phi) is 2.16. The Hall–Kier alpha value is -0.520. The summed E-state index contributed by atoms with van der Waals surface area (Å²) in [6.45, 7) is 7.90. The van der Waals surface area contributed by atoms with Crippen LogP contribution in [0.5, 0.6) is 0 Å². The predicted molar refractivity (Wildman–Crippen MR) is 17.7 cm³/mol. The molecule has 0 unspecified atom stereocenters. The highest BCUT2D eigenvalue weighted by Gasteiger charge is 1.32. The van der Waals surface area contributed by atoms with Crippen LogP contribution in [0.4, 0.5) is 0 Å². The standard InChI is InChI=1S/C4H4/c1-3-4-2/h1,3H,2H2. The smallest absolute Gasteiger partial charge is 0.0262 e. The van der Waals surface area contributed by atoms with Crippen molar-refractivity contribution in [1.82, 2.24) is 0 Å². The predicted octanol–water partition coefficient (Wildman–Crippen LogP) is 0.965. The second kappa shape index (κ2) is 2.48. The molecular formula is C4H4. The van der Waals surface area contributed by atoms with Crippen molar-refractivity contribution in [2.24, 2.45) is 0 Å². The number of hydrogen-bond donors (Lipinski definition) is 0. The maximum atomic E-state index is 4.73. The molecule has 0 heterocycles. The van der Waals surface area contributed by atoms with Gasteiger partial charge in [0.05, 0.1) is 0 Å². The van der Waals surface area contributed by atoms with Gasteiger partial charge in [0.25, 0.3) is 0 Å². The molecule has 0 fully saturated rings. The number of allylic oxidation sites excluding steroid dienone is 2. The van der Waals surface area contributed by atoms with E-state index in [4.69, 9.17) is 6.58 Å². The van der Waals surface area contributed by atoms with E-state index in [1.807, 2.05) is 0 Å². The zero-order valence-corrected chi connectivity index (χ0v) is 2.36. The van der Waals surface area contributed by atoms with Crippen molar-refractivity contribution in [3.8, 4) is 0 Å². The molecule has 0 heteroatoms. The molecule has 2 radical (unpaired) electrons. The fraction of sp³-hybridized carbons (Fsp3) is 0. The van der Waals surface area contributed by atoms with Gasteiger partial charge in [0.1, 0.15) is 0 Å². The summed E-state index contributed by atoms with van der Waals surface area (Å²) in [6, 6.07) is 0. The molecule has 0 aromatic rings. The summed E-state index contributed by atoms with van der Waals surface area (Å²) in [5.41, 5.74) is 0. The minimum absolute atomic E-state index is 1.26. The van der Waals surface area contributed by atoms with Crippen molar-refractivity contribution in [3.63, 3.8) is 0 Å². The molecule has 0 spiro atoms. The van der Waals surface area contributed by atoms with E-state index in [-0.39, 0.29) is 0 Å². The summed E-state index contributed by atoms with van der Waals surface area (Å²) in [4.78, 5) is 0. The third-order valence-corrected chi connectivity index (χ3v) is 0.118. The molecule has 0 saturated carbocycles. The third-order valence-electron chi connectivity index (χ3n) is 0.118. The van der Waals surface area contributed by atoms with Crippen LogP contribution in [0.2, 0.25) is 0 Å². The van der Waals surface area contributed by atoms with Crippen molar-refractivity contribution in [3.05, 3.63) is 25.3 Å². The van der Waals surface area contributed by atoms with E-state index >= 15 is 0 Å². The lowest BCUT2D eigenvalue weighted by Crippen LogP contribution is -1.25. The first-order chi connectivity index (χ1) is 1.91. The van der Waals surface area contributed by atoms with E-state index in [9.17, 15) is 0 Å². The molecule has 20 valence electrons. The monoisotopic (exact) mass is 52.0 g/mol. The second-order valence-electron chi connectivity index (χ2n) is 0.371. The van der Waals surface area contributed by atoms with Gasteiger partial charge in [-0.1, -0.05) is 19.2 Å². The van der Waals surface area contributed by atoms with Crippen molar-refractivity contribution in [2.45, 2.75) is 0 Å². The molecule has 0 aliphatic carbocycles.